The molecule has 1 N–H and O–H groups in total. The van der Waals surface area contributed by atoms with Crippen molar-refractivity contribution in [2.45, 2.75) is 38.6 Å². The van der Waals surface area contributed by atoms with Crippen LogP contribution in [-0.2, 0) is 37.0 Å². The lowest BCUT2D eigenvalue weighted by Crippen LogP contribution is -2.26. The molecule has 0 fully saturated rings. The van der Waals surface area contributed by atoms with Gasteiger partial charge < -0.3 is 9.67 Å². The van der Waals surface area contributed by atoms with Gasteiger partial charge in [-0.3, -0.25) is 9.59 Å². The number of fused-ring (bicyclic) bond motifs is 1. The Hall–Kier alpha value is -2.21. The summed E-state index contributed by atoms with van der Waals surface area (Å²) in [6.07, 6.45) is 3.05. The van der Waals surface area contributed by atoms with Gasteiger partial charge in [-0.05, 0) is 43.4 Å². The van der Waals surface area contributed by atoms with Gasteiger partial charge in [0, 0.05) is 17.7 Å². The first-order chi connectivity index (χ1) is 11.5. The Morgan fingerprint density at radius 1 is 1.33 bits per heavy atom. The highest BCUT2D eigenvalue weighted by Crippen LogP contribution is 2.21. The molecule has 7 heteroatoms. The zero-order valence-corrected chi connectivity index (χ0v) is 13.6. The number of hydrogen-bond acceptors (Lipinski definition) is 3. The number of rotatable bonds is 5. The van der Waals surface area contributed by atoms with Gasteiger partial charge in [0.05, 0.1) is 5.02 Å². The molecule has 0 radical (unpaired) electrons. The van der Waals surface area contributed by atoms with Crippen LogP contribution in [0.5, 0.6) is 0 Å². The summed E-state index contributed by atoms with van der Waals surface area (Å²) in [4.78, 5) is 27.4. The normalized spacial score (nSPS) is 13.1. The molecule has 1 aromatic carbocycles. The van der Waals surface area contributed by atoms with Gasteiger partial charge >= 0.3 is 5.97 Å². The van der Waals surface area contributed by atoms with E-state index in [2.05, 4.69) is 4.98 Å². The summed E-state index contributed by atoms with van der Waals surface area (Å²) < 4.78 is 14.9. The first-order valence-electron chi connectivity index (χ1n) is 7.73. The Balaban J connectivity index is 1.92. The monoisotopic (exact) mass is 350 g/mol. The van der Waals surface area contributed by atoms with Crippen LogP contribution in [0.25, 0.3) is 0 Å². The maximum atomic E-state index is 13.2. The van der Waals surface area contributed by atoms with E-state index < -0.39 is 11.8 Å². The molecule has 0 saturated heterocycles. The smallest absolute Gasteiger partial charge is 0.323 e. The minimum absolute atomic E-state index is 0.0392. The quantitative estimate of drug-likeness (QED) is 0.898. The molecule has 24 heavy (non-hydrogen) atoms. The van der Waals surface area contributed by atoms with Crippen molar-refractivity contribution in [3.05, 3.63) is 62.0 Å². The summed E-state index contributed by atoms with van der Waals surface area (Å²) in [5.41, 5.74) is 1.95. The van der Waals surface area contributed by atoms with Crippen molar-refractivity contribution in [2.24, 2.45) is 0 Å². The highest BCUT2D eigenvalue weighted by Gasteiger charge is 2.22. The van der Waals surface area contributed by atoms with E-state index in [0.29, 0.717) is 37.1 Å². The Labute approximate surface area is 142 Å². The van der Waals surface area contributed by atoms with E-state index in [1.54, 1.807) is 10.6 Å². The van der Waals surface area contributed by atoms with Crippen LogP contribution in [0.15, 0.2) is 23.0 Å². The Morgan fingerprint density at radius 3 is 2.83 bits per heavy atom. The van der Waals surface area contributed by atoms with E-state index in [4.69, 9.17) is 16.7 Å². The number of carbonyl (C=O) groups is 1. The molecule has 1 aliphatic rings. The lowest BCUT2D eigenvalue weighted by molar-refractivity contribution is -0.137. The largest absolute Gasteiger partial charge is 0.480 e. The van der Waals surface area contributed by atoms with Gasteiger partial charge in [0.15, 0.2) is 0 Å². The molecule has 0 bridgehead atoms. The van der Waals surface area contributed by atoms with Crippen LogP contribution in [0.1, 0.15) is 29.1 Å². The van der Waals surface area contributed by atoms with Gasteiger partial charge in [-0.25, -0.2) is 4.39 Å². The number of carboxylic acid groups (broad SMARTS) is 1. The molecule has 2 aromatic rings. The summed E-state index contributed by atoms with van der Waals surface area (Å²) in [6, 6.07) is 4.44. The van der Waals surface area contributed by atoms with Gasteiger partial charge in [0.2, 0.25) is 0 Å². The van der Waals surface area contributed by atoms with Crippen molar-refractivity contribution >= 4 is 17.6 Å². The topological polar surface area (TPSA) is 72.2 Å². The molecule has 0 amide bonds. The molecule has 5 nitrogen and oxygen atoms in total. The number of hydrogen-bond donors (Lipinski definition) is 1. The van der Waals surface area contributed by atoms with Crippen LogP contribution in [0.4, 0.5) is 4.39 Å². The third-order valence-electron chi connectivity index (χ3n) is 4.23. The first-order valence-corrected chi connectivity index (χ1v) is 8.10. The Morgan fingerprint density at radius 2 is 2.12 bits per heavy atom. The molecule has 3 rings (SSSR count). The van der Waals surface area contributed by atoms with Crippen molar-refractivity contribution in [1.29, 1.82) is 0 Å². The van der Waals surface area contributed by atoms with Crippen LogP contribution in [0.2, 0.25) is 5.02 Å². The van der Waals surface area contributed by atoms with Crippen LogP contribution >= 0.6 is 11.6 Å². The number of carboxylic acids is 1. The predicted molar refractivity (Wildman–Crippen MR) is 87.0 cm³/mol. The Kier molecular flexibility index (Phi) is 4.66. The predicted octanol–water partition coefficient (Wildman–Crippen LogP) is 2.39. The van der Waals surface area contributed by atoms with Gasteiger partial charge in [-0.1, -0.05) is 17.7 Å². The molecule has 1 heterocycles. The minimum Gasteiger partial charge on any atom is -0.480 e. The number of halogens is 2. The summed E-state index contributed by atoms with van der Waals surface area (Å²) in [7, 11) is 0. The third kappa shape index (κ3) is 3.33. The zero-order valence-electron chi connectivity index (χ0n) is 12.9. The van der Waals surface area contributed by atoms with Crippen molar-refractivity contribution in [2.75, 3.05) is 0 Å². The number of benzene rings is 1. The highest BCUT2D eigenvalue weighted by atomic mass is 35.5. The van der Waals surface area contributed by atoms with E-state index in [9.17, 15) is 14.0 Å². The highest BCUT2D eigenvalue weighted by molar-refractivity contribution is 6.30. The van der Waals surface area contributed by atoms with Crippen LogP contribution in [0, 0.1) is 5.82 Å². The molecule has 0 aliphatic heterocycles. The van der Waals surface area contributed by atoms with E-state index in [1.165, 1.54) is 12.1 Å². The molecular formula is C17H16ClFN2O3. The molecule has 0 unspecified atom stereocenters. The van der Waals surface area contributed by atoms with Crippen LogP contribution in [-0.4, -0.2) is 20.6 Å². The van der Waals surface area contributed by atoms with Gasteiger partial charge in [0.1, 0.15) is 18.2 Å². The number of aryl methyl sites for hydroxylation is 2. The second-order valence-corrected chi connectivity index (χ2v) is 6.25. The van der Waals surface area contributed by atoms with Crippen molar-refractivity contribution in [1.82, 2.24) is 9.55 Å². The maximum Gasteiger partial charge on any atom is 0.323 e. The number of aromatic nitrogens is 2. The standard InChI is InChI=1S/C17H16ClFN2O3/c18-12-8-10(4-6-13(12)19)5-7-15-20-17(24)11-2-1-3-14(11)21(15)9-16(22)23/h4,6,8H,1-3,5,7,9H2,(H,22,23). The summed E-state index contributed by atoms with van der Waals surface area (Å²) in [5, 5.41) is 9.20. The molecular weight excluding hydrogens is 335 g/mol. The minimum atomic E-state index is -0.972. The zero-order chi connectivity index (χ0) is 17.3. The second-order valence-electron chi connectivity index (χ2n) is 5.84. The molecule has 1 aliphatic carbocycles. The fourth-order valence-corrected chi connectivity index (χ4v) is 3.32. The number of nitrogens with zero attached hydrogens (tertiary/aromatic N) is 2. The van der Waals surface area contributed by atoms with Crippen molar-refractivity contribution in [3.8, 4) is 0 Å². The van der Waals surface area contributed by atoms with Crippen LogP contribution < -0.4 is 5.56 Å². The molecule has 0 atom stereocenters. The summed E-state index contributed by atoms with van der Waals surface area (Å²) >= 11 is 5.77. The Bertz CT molecular complexity index is 864. The number of aliphatic carboxylic acids is 1. The first kappa shape index (κ1) is 16.6. The van der Waals surface area contributed by atoms with Crippen LogP contribution in [0.3, 0.4) is 0 Å². The molecule has 1 aromatic heterocycles. The van der Waals surface area contributed by atoms with E-state index in [0.717, 1.165) is 17.7 Å². The average Bonchev–Trinajstić information content (AvgIpc) is 3.01. The van der Waals surface area contributed by atoms with Crippen molar-refractivity contribution in [3.63, 3.8) is 0 Å². The summed E-state index contributed by atoms with van der Waals surface area (Å²) in [6.45, 7) is -0.213. The molecule has 0 spiro atoms. The lowest BCUT2D eigenvalue weighted by Gasteiger charge is -2.15. The second kappa shape index (κ2) is 6.73. The fourth-order valence-electron chi connectivity index (χ4n) is 3.12. The van der Waals surface area contributed by atoms with E-state index in [1.807, 2.05) is 0 Å². The van der Waals surface area contributed by atoms with Gasteiger partial charge in [-0.2, -0.15) is 4.98 Å². The van der Waals surface area contributed by atoms with E-state index in [-0.39, 0.29) is 17.1 Å². The fraction of sp³-hybridized carbons (Fsp3) is 0.353. The average molecular weight is 351 g/mol. The van der Waals surface area contributed by atoms with Gasteiger partial charge in [0.25, 0.3) is 5.56 Å². The molecule has 126 valence electrons. The lowest BCUT2D eigenvalue weighted by atomic mass is 10.1. The summed E-state index contributed by atoms with van der Waals surface area (Å²) in [5.74, 6) is -1.01. The SMILES string of the molecule is O=C(O)Cn1c(CCc2ccc(F)c(Cl)c2)nc(=O)c2c1CCC2. The molecule has 0 saturated carbocycles. The van der Waals surface area contributed by atoms with E-state index >= 15 is 0 Å². The van der Waals surface area contributed by atoms with Gasteiger partial charge in [-0.15, -0.1) is 0 Å². The maximum absolute atomic E-state index is 13.2. The van der Waals surface area contributed by atoms with Crippen molar-refractivity contribution < 1.29 is 14.3 Å². The third-order valence-corrected chi connectivity index (χ3v) is 4.52.